The van der Waals surface area contributed by atoms with Crippen LogP contribution in [0.2, 0.25) is 0 Å². The predicted molar refractivity (Wildman–Crippen MR) is 80.6 cm³/mol. The van der Waals surface area contributed by atoms with Gasteiger partial charge in [0.05, 0.1) is 0 Å². The van der Waals surface area contributed by atoms with Crippen LogP contribution in [-0.4, -0.2) is 22.4 Å². The molecule has 0 saturated heterocycles. The summed E-state index contributed by atoms with van der Waals surface area (Å²) < 4.78 is 0. The molecule has 1 atom stereocenters. The minimum Gasteiger partial charge on any atom is -0.267 e. The summed E-state index contributed by atoms with van der Waals surface area (Å²) in [6.07, 6.45) is -0.0450. The normalized spacial score (nSPS) is 18.3. The van der Waals surface area contributed by atoms with Crippen molar-refractivity contribution in [2.45, 2.75) is 13.1 Å². The molecular weight excluding hydrogens is 248 g/mol. The SMILES string of the molecule is CCN1N=C(c2ccccc2)N(N)C1c1ccccc1. The fourth-order valence-corrected chi connectivity index (χ4v) is 2.48. The van der Waals surface area contributed by atoms with Gasteiger partial charge in [0.15, 0.2) is 12.0 Å². The van der Waals surface area contributed by atoms with Crippen molar-refractivity contribution in [2.75, 3.05) is 6.54 Å². The summed E-state index contributed by atoms with van der Waals surface area (Å²) in [5.74, 6) is 7.12. The van der Waals surface area contributed by atoms with Crippen LogP contribution in [0.1, 0.15) is 24.2 Å². The van der Waals surface area contributed by atoms with Crippen molar-refractivity contribution >= 4 is 5.84 Å². The predicted octanol–water partition coefficient (Wildman–Crippen LogP) is 2.56. The molecule has 102 valence electrons. The quantitative estimate of drug-likeness (QED) is 0.868. The lowest BCUT2D eigenvalue weighted by atomic mass is 10.1. The van der Waals surface area contributed by atoms with Crippen LogP contribution in [0.5, 0.6) is 0 Å². The lowest BCUT2D eigenvalue weighted by Gasteiger charge is -2.28. The molecule has 2 N–H and O–H groups in total. The van der Waals surface area contributed by atoms with Gasteiger partial charge in [-0.25, -0.2) is 5.84 Å². The maximum atomic E-state index is 6.31. The molecule has 0 fully saturated rings. The van der Waals surface area contributed by atoms with Crippen LogP contribution in [0, 0.1) is 0 Å². The standard InChI is InChI=1S/C16H18N4/c1-2-19-16(14-11-7-4-8-12-14)20(17)15(18-19)13-9-5-3-6-10-13/h3-12,16H,2,17H2,1H3. The van der Waals surface area contributed by atoms with E-state index in [-0.39, 0.29) is 6.17 Å². The van der Waals surface area contributed by atoms with Crippen molar-refractivity contribution < 1.29 is 0 Å². The van der Waals surface area contributed by atoms with Gasteiger partial charge >= 0.3 is 0 Å². The number of rotatable bonds is 3. The average molecular weight is 266 g/mol. The number of hydrazine groups is 1. The second kappa shape index (κ2) is 5.35. The maximum Gasteiger partial charge on any atom is 0.172 e. The van der Waals surface area contributed by atoms with Crippen LogP contribution in [0.15, 0.2) is 65.8 Å². The zero-order valence-corrected chi connectivity index (χ0v) is 11.5. The Kier molecular flexibility index (Phi) is 3.39. The average Bonchev–Trinajstić information content (AvgIpc) is 2.86. The lowest BCUT2D eigenvalue weighted by Crippen LogP contribution is -2.40. The number of amidine groups is 1. The maximum absolute atomic E-state index is 6.31. The Bertz CT molecular complexity index is 594. The summed E-state index contributed by atoms with van der Waals surface area (Å²) in [7, 11) is 0. The van der Waals surface area contributed by atoms with Crippen LogP contribution < -0.4 is 5.84 Å². The van der Waals surface area contributed by atoms with E-state index in [0.717, 1.165) is 23.5 Å². The third-order valence-electron chi connectivity index (χ3n) is 3.47. The van der Waals surface area contributed by atoms with Gasteiger partial charge < -0.3 is 0 Å². The molecule has 4 nitrogen and oxygen atoms in total. The molecule has 1 unspecified atom stereocenters. The first kappa shape index (κ1) is 12.7. The van der Waals surface area contributed by atoms with Crippen molar-refractivity contribution in [1.29, 1.82) is 0 Å². The summed E-state index contributed by atoms with van der Waals surface area (Å²) in [5, 5.41) is 8.42. The van der Waals surface area contributed by atoms with E-state index >= 15 is 0 Å². The van der Waals surface area contributed by atoms with Crippen LogP contribution in [0.3, 0.4) is 0 Å². The highest BCUT2D eigenvalue weighted by Crippen LogP contribution is 2.29. The van der Waals surface area contributed by atoms with Gasteiger partial charge in [0.25, 0.3) is 0 Å². The summed E-state index contributed by atoms with van der Waals surface area (Å²) >= 11 is 0. The van der Waals surface area contributed by atoms with Gasteiger partial charge in [-0.3, -0.25) is 10.0 Å². The zero-order chi connectivity index (χ0) is 13.9. The van der Waals surface area contributed by atoms with Crippen molar-refractivity contribution in [1.82, 2.24) is 10.0 Å². The van der Waals surface area contributed by atoms with Crippen molar-refractivity contribution in [3.05, 3.63) is 71.8 Å². The van der Waals surface area contributed by atoms with E-state index in [1.165, 1.54) is 0 Å². The fourth-order valence-electron chi connectivity index (χ4n) is 2.48. The zero-order valence-electron chi connectivity index (χ0n) is 11.5. The first-order chi connectivity index (χ1) is 9.81. The molecular formula is C16H18N4. The second-order valence-electron chi connectivity index (χ2n) is 4.74. The Labute approximate surface area is 119 Å². The Morgan fingerprint density at radius 1 is 1.00 bits per heavy atom. The van der Waals surface area contributed by atoms with Crippen LogP contribution in [-0.2, 0) is 0 Å². The molecule has 0 spiro atoms. The minimum absolute atomic E-state index is 0.0450. The molecule has 4 heteroatoms. The molecule has 0 aromatic heterocycles. The molecule has 0 bridgehead atoms. The largest absolute Gasteiger partial charge is 0.267 e. The molecule has 0 aliphatic carbocycles. The minimum atomic E-state index is -0.0450. The fraction of sp³-hybridized carbons (Fsp3) is 0.188. The molecule has 0 saturated carbocycles. The molecule has 2 aromatic carbocycles. The van der Waals surface area contributed by atoms with Gasteiger partial charge in [-0.2, -0.15) is 5.10 Å². The molecule has 2 aromatic rings. The van der Waals surface area contributed by atoms with Gasteiger partial charge in [-0.1, -0.05) is 60.7 Å². The molecule has 0 radical (unpaired) electrons. The molecule has 1 heterocycles. The van der Waals surface area contributed by atoms with E-state index in [4.69, 9.17) is 5.84 Å². The number of hydrogen-bond acceptors (Lipinski definition) is 4. The van der Waals surface area contributed by atoms with Gasteiger partial charge in [0, 0.05) is 12.1 Å². The summed E-state index contributed by atoms with van der Waals surface area (Å²) in [4.78, 5) is 0. The molecule has 1 aliphatic heterocycles. The third kappa shape index (κ3) is 2.14. The number of benzene rings is 2. The number of nitrogens with two attached hydrogens (primary N) is 1. The molecule has 0 amide bonds. The Morgan fingerprint density at radius 2 is 1.60 bits per heavy atom. The highest BCUT2D eigenvalue weighted by molar-refractivity contribution is 5.99. The van der Waals surface area contributed by atoms with Gasteiger partial charge in [0.2, 0.25) is 0 Å². The molecule has 3 rings (SSSR count). The van der Waals surface area contributed by atoms with Crippen LogP contribution in [0.25, 0.3) is 0 Å². The van der Waals surface area contributed by atoms with E-state index in [0.29, 0.717) is 0 Å². The van der Waals surface area contributed by atoms with E-state index in [1.54, 1.807) is 5.01 Å². The van der Waals surface area contributed by atoms with Gasteiger partial charge in [-0.15, -0.1) is 0 Å². The number of nitrogens with zero attached hydrogens (tertiary/aromatic N) is 3. The smallest absolute Gasteiger partial charge is 0.172 e. The van der Waals surface area contributed by atoms with E-state index in [1.807, 2.05) is 53.5 Å². The highest BCUT2D eigenvalue weighted by Gasteiger charge is 2.33. The first-order valence-electron chi connectivity index (χ1n) is 6.81. The number of hydrazone groups is 1. The third-order valence-corrected chi connectivity index (χ3v) is 3.47. The molecule has 1 aliphatic rings. The monoisotopic (exact) mass is 266 g/mol. The lowest BCUT2D eigenvalue weighted by molar-refractivity contribution is 0.138. The van der Waals surface area contributed by atoms with Gasteiger partial charge in [0.1, 0.15) is 0 Å². The summed E-state index contributed by atoms with van der Waals surface area (Å²) in [5.41, 5.74) is 2.18. The summed E-state index contributed by atoms with van der Waals surface area (Å²) in [6.45, 7) is 2.89. The Morgan fingerprint density at radius 3 is 2.20 bits per heavy atom. The van der Waals surface area contributed by atoms with Crippen molar-refractivity contribution in [2.24, 2.45) is 10.9 Å². The molecule has 20 heavy (non-hydrogen) atoms. The van der Waals surface area contributed by atoms with Crippen LogP contribution >= 0.6 is 0 Å². The second-order valence-corrected chi connectivity index (χ2v) is 4.74. The number of hydrogen-bond donors (Lipinski definition) is 1. The van der Waals surface area contributed by atoms with Crippen molar-refractivity contribution in [3.8, 4) is 0 Å². The first-order valence-corrected chi connectivity index (χ1v) is 6.81. The van der Waals surface area contributed by atoms with Crippen LogP contribution in [0.4, 0.5) is 0 Å². The van der Waals surface area contributed by atoms with E-state index in [9.17, 15) is 0 Å². The summed E-state index contributed by atoms with van der Waals surface area (Å²) in [6, 6.07) is 20.3. The Balaban J connectivity index is 1.97. The topological polar surface area (TPSA) is 44.9 Å². The van der Waals surface area contributed by atoms with E-state index < -0.39 is 0 Å². The van der Waals surface area contributed by atoms with E-state index in [2.05, 4.69) is 24.2 Å². The highest BCUT2D eigenvalue weighted by atomic mass is 15.7. The van der Waals surface area contributed by atoms with Crippen molar-refractivity contribution in [3.63, 3.8) is 0 Å². The Hall–Kier alpha value is -2.33. The van der Waals surface area contributed by atoms with Gasteiger partial charge in [-0.05, 0) is 12.5 Å².